The fourth-order valence-corrected chi connectivity index (χ4v) is 2.84. The number of carbonyl (C=O) groups excluding carboxylic acids is 2. The number of hydrogen-bond donors (Lipinski definition) is 2. The molecule has 3 N–H and O–H groups in total. The molecule has 6 nitrogen and oxygen atoms in total. The molecule has 1 aromatic heterocycles. The molecule has 1 atom stereocenters. The van der Waals surface area contributed by atoms with Crippen LogP contribution in [0.2, 0.25) is 0 Å². The van der Waals surface area contributed by atoms with Crippen LogP contribution >= 0.6 is 0 Å². The molecule has 0 spiro atoms. The number of nitrogens with two attached hydrogens (primary N) is 1. The highest BCUT2D eigenvalue weighted by molar-refractivity contribution is 6.01. The van der Waals surface area contributed by atoms with Crippen molar-refractivity contribution in [3.05, 3.63) is 35.0 Å². The lowest BCUT2D eigenvalue weighted by molar-refractivity contribution is -0.127. The zero-order valence-electron chi connectivity index (χ0n) is 12.7. The van der Waals surface area contributed by atoms with E-state index in [1.807, 2.05) is 26.0 Å². The van der Waals surface area contributed by atoms with Gasteiger partial charge in [0, 0.05) is 28.7 Å². The molecule has 6 heteroatoms. The smallest absolute Gasteiger partial charge is 0.254 e. The van der Waals surface area contributed by atoms with Crippen LogP contribution in [0.3, 0.4) is 0 Å². The first-order valence-corrected chi connectivity index (χ1v) is 7.26. The number of morpholine rings is 1. The van der Waals surface area contributed by atoms with E-state index in [9.17, 15) is 9.59 Å². The molecule has 0 radical (unpaired) electrons. The fourth-order valence-electron chi connectivity index (χ4n) is 2.84. The van der Waals surface area contributed by atoms with Gasteiger partial charge in [-0.1, -0.05) is 0 Å². The minimum atomic E-state index is -0.703. The van der Waals surface area contributed by atoms with Gasteiger partial charge in [-0.05, 0) is 37.6 Å². The van der Waals surface area contributed by atoms with Crippen LogP contribution < -0.4 is 5.73 Å². The number of fused-ring (bicyclic) bond motifs is 1. The highest BCUT2D eigenvalue weighted by Gasteiger charge is 2.32. The van der Waals surface area contributed by atoms with E-state index < -0.39 is 11.9 Å². The minimum absolute atomic E-state index is 0.158. The van der Waals surface area contributed by atoms with Crippen molar-refractivity contribution in [1.29, 1.82) is 0 Å². The molecule has 116 valence electrons. The van der Waals surface area contributed by atoms with Crippen molar-refractivity contribution >= 4 is 22.7 Å². The van der Waals surface area contributed by atoms with Crippen molar-refractivity contribution in [2.45, 2.75) is 19.9 Å². The van der Waals surface area contributed by atoms with Crippen LogP contribution in [-0.2, 0) is 9.53 Å². The van der Waals surface area contributed by atoms with Crippen molar-refractivity contribution in [1.82, 2.24) is 9.88 Å². The third-order valence-corrected chi connectivity index (χ3v) is 4.27. The number of amides is 2. The average molecular weight is 301 g/mol. The number of ether oxygens (including phenoxy) is 1. The molecule has 0 bridgehead atoms. The van der Waals surface area contributed by atoms with Crippen molar-refractivity contribution in [3.8, 4) is 0 Å². The summed E-state index contributed by atoms with van der Waals surface area (Å²) in [6.45, 7) is 4.96. The monoisotopic (exact) mass is 301 g/mol. The van der Waals surface area contributed by atoms with E-state index >= 15 is 0 Å². The number of aromatic nitrogens is 1. The molecular weight excluding hydrogens is 282 g/mol. The summed E-state index contributed by atoms with van der Waals surface area (Å²) < 4.78 is 5.25. The first-order valence-electron chi connectivity index (χ1n) is 7.26. The Hall–Kier alpha value is -2.34. The van der Waals surface area contributed by atoms with Crippen LogP contribution in [0.4, 0.5) is 0 Å². The van der Waals surface area contributed by atoms with Crippen LogP contribution in [0.1, 0.15) is 21.6 Å². The second kappa shape index (κ2) is 5.46. The van der Waals surface area contributed by atoms with E-state index in [0.29, 0.717) is 18.7 Å². The third-order valence-electron chi connectivity index (χ3n) is 4.27. The number of nitrogens with one attached hydrogen (secondary N) is 1. The molecule has 1 unspecified atom stereocenters. The molecule has 0 aliphatic carbocycles. The van der Waals surface area contributed by atoms with E-state index in [0.717, 1.165) is 22.2 Å². The topological polar surface area (TPSA) is 88.4 Å². The lowest BCUT2D eigenvalue weighted by atomic mass is 10.1. The molecule has 1 aliphatic heterocycles. The molecule has 2 aromatic rings. The zero-order chi connectivity index (χ0) is 15.9. The Morgan fingerprint density at radius 3 is 2.86 bits per heavy atom. The van der Waals surface area contributed by atoms with Gasteiger partial charge in [-0.3, -0.25) is 9.59 Å². The lowest BCUT2D eigenvalue weighted by Gasteiger charge is -2.33. The van der Waals surface area contributed by atoms with Crippen LogP contribution in [-0.4, -0.2) is 47.5 Å². The Labute approximate surface area is 128 Å². The number of benzene rings is 1. The van der Waals surface area contributed by atoms with Gasteiger partial charge in [0.2, 0.25) is 5.91 Å². The highest BCUT2D eigenvalue weighted by atomic mass is 16.5. The molecule has 2 heterocycles. The predicted molar refractivity (Wildman–Crippen MR) is 82.6 cm³/mol. The Balaban J connectivity index is 1.97. The number of carbonyl (C=O) groups is 2. The van der Waals surface area contributed by atoms with E-state index in [1.165, 1.54) is 4.90 Å². The lowest BCUT2D eigenvalue weighted by Crippen LogP contribution is -2.54. The fraction of sp³-hybridized carbons (Fsp3) is 0.375. The number of H-pyrrole nitrogens is 1. The molecule has 1 saturated heterocycles. The van der Waals surface area contributed by atoms with E-state index in [4.69, 9.17) is 10.5 Å². The number of hydrogen-bond acceptors (Lipinski definition) is 3. The second-order valence-corrected chi connectivity index (χ2v) is 5.63. The first-order chi connectivity index (χ1) is 10.5. The van der Waals surface area contributed by atoms with Gasteiger partial charge in [0.15, 0.2) is 0 Å². The van der Waals surface area contributed by atoms with Crippen molar-refractivity contribution in [3.63, 3.8) is 0 Å². The van der Waals surface area contributed by atoms with Gasteiger partial charge in [0.05, 0.1) is 13.2 Å². The summed E-state index contributed by atoms with van der Waals surface area (Å²) in [5.41, 5.74) is 9.14. The quantitative estimate of drug-likeness (QED) is 0.871. The summed E-state index contributed by atoms with van der Waals surface area (Å²) in [6, 6.07) is 4.82. The maximum Gasteiger partial charge on any atom is 0.254 e. The summed E-state index contributed by atoms with van der Waals surface area (Å²) in [5.74, 6) is -0.727. The van der Waals surface area contributed by atoms with Crippen LogP contribution in [0, 0.1) is 13.8 Å². The molecule has 1 aromatic carbocycles. The Morgan fingerprint density at radius 1 is 1.36 bits per heavy atom. The maximum absolute atomic E-state index is 12.7. The predicted octanol–water partition coefficient (Wildman–Crippen LogP) is 1.11. The number of primary amides is 1. The second-order valence-electron chi connectivity index (χ2n) is 5.63. The summed E-state index contributed by atoms with van der Waals surface area (Å²) in [7, 11) is 0. The summed E-state index contributed by atoms with van der Waals surface area (Å²) in [6.07, 6.45) is 0. The van der Waals surface area contributed by atoms with Crippen LogP contribution in [0.25, 0.3) is 10.9 Å². The van der Waals surface area contributed by atoms with Gasteiger partial charge in [-0.25, -0.2) is 0 Å². The van der Waals surface area contributed by atoms with E-state index in [1.54, 1.807) is 6.07 Å². The molecule has 22 heavy (non-hydrogen) atoms. The molecular formula is C16H19N3O3. The standard InChI is InChI=1S/C16H19N3O3/c1-9-10(2)18-13-4-3-11(7-12(9)13)16(21)19-5-6-22-8-14(19)15(17)20/h3-4,7,14,18H,5-6,8H2,1-2H3,(H2,17,20). The van der Waals surface area contributed by atoms with Gasteiger partial charge in [0.25, 0.3) is 5.91 Å². The van der Waals surface area contributed by atoms with Crippen LogP contribution in [0.15, 0.2) is 18.2 Å². The molecule has 0 saturated carbocycles. The van der Waals surface area contributed by atoms with Gasteiger partial charge in [-0.2, -0.15) is 0 Å². The molecule has 2 amide bonds. The van der Waals surface area contributed by atoms with Gasteiger partial charge < -0.3 is 20.4 Å². The number of aromatic amines is 1. The molecule has 1 aliphatic rings. The van der Waals surface area contributed by atoms with Gasteiger partial charge >= 0.3 is 0 Å². The van der Waals surface area contributed by atoms with Crippen molar-refractivity contribution < 1.29 is 14.3 Å². The summed E-state index contributed by atoms with van der Waals surface area (Å²) in [5, 5.41) is 1.02. The van der Waals surface area contributed by atoms with E-state index in [2.05, 4.69) is 4.98 Å². The Morgan fingerprint density at radius 2 is 2.14 bits per heavy atom. The summed E-state index contributed by atoms with van der Waals surface area (Å²) in [4.78, 5) is 29.0. The van der Waals surface area contributed by atoms with Crippen molar-refractivity contribution in [2.24, 2.45) is 5.73 Å². The highest BCUT2D eigenvalue weighted by Crippen LogP contribution is 2.23. The first kappa shape index (κ1) is 14.6. The number of aryl methyl sites for hydroxylation is 2. The minimum Gasteiger partial charge on any atom is -0.377 e. The number of rotatable bonds is 2. The van der Waals surface area contributed by atoms with Crippen LogP contribution in [0.5, 0.6) is 0 Å². The van der Waals surface area contributed by atoms with Crippen molar-refractivity contribution in [2.75, 3.05) is 19.8 Å². The summed E-state index contributed by atoms with van der Waals surface area (Å²) >= 11 is 0. The maximum atomic E-state index is 12.7. The Bertz CT molecular complexity index is 750. The molecule has 1 fully saturated rings. The largest absolute Gasteiger partial charge is 0.377 e. The van der Waals surface area contributed by atoms with Gasteiger partial charge in [-0.15, -0.1) is 0 Å². The molecule has 3 rings (SSSR count). The SMILES string of the molecule is Cc1[nH]c2ccc(C(=O)N3CCOCC3C(N)=O)cc2c1C. The number of nitrogens with zero attached hydrogens (tertiary/aromatic N) is 1. The van der Waals surface area contributed by atoms with Gasteiger partial charge in [0.1, 0.15) is 6.04 Å². The van der Waals surface area contributed by atoms with E-state index in [-0.39, 0.29) is 12.5 Å². The normalized spacial score (nSPS) is 18.6. The Kier molecular flexibility index (Phi) is 3.62. The average Bonchev–Trinajstić information content (AvgIpc) is 2.81. The third kappa shape index (κ3) is 2.35. The zero-order valence-corrected chi connectivity index (χ0v) is 12.7.